The summed E-state index contributed by atoms with van der Waals surface area (Å²) in [6.07, 6.45) is 0.853. The highest BCUT2D eigenvalue weighted by atomic mass is 16.4. The summed E-state index contributed by atoms with van der Waals surface area (Å²) >= 11 is 0. The summed E-state index contributed by atoms with van der Waals surface area (Å²) in [4.78, 5) is 26.3. The molecule has 1 aromatic carbocycles. The number of oxazole rings is 1. The molecule has 1 atom stereocenters. The van der Waals surface area contributed by atoms with Crippen molar-refractivity contribution < 1.29 is 9.21 Å². The number of nitrogens with one attached hydrogen (secondary N) is 1. The van der Waals surface area contributed by atoms with Crippen molar-refractivity contribution in [3.8, 4) is 0 Å². The fourth-order valence-electron chi connectivity index (χ4n) is 1.64. The predicted molar refractivity (Wildman–Crippen MR) is 59.3 cm³/mol. The van der Waals surface area contributed by atoms with E-state index in [0.717, 1.165) is 11.8 Å². The molecule has 1 aromatic heterocycles. The number of nitrogens with zero attached hydrogens (tertiary/aromatic N) is 1. The van der Waals surface area contributed by atoms with Crippen LogP contribution in [0.2, 0.25) is 0 Å². The van der Waals surface area contributed by atoms with E-state index in [2.05, 4.69) is 4.98 Å². The van der Waals surface area contributed by atoms with Crippen LogP contribution in [0.3, 0.4) is 0 Å². The monoisotopic (exact) mass is 220 g/mol. The van der Waals surface area contributed by atoms with E-state index >= 15 is 0 Å². The maximum absolute atomic E-state index is 11.0. The van der Waals surface area contributed by atoms with Gasteiger partial charge in [-0.1, -0.05) is 6.07 Å². The molecule has 1 N–H and O–H groups in total. The minimum Gasteiger partial charge on any atom is -0.408 e. The molecule has 0 saturated heterocycles. The highest BCUT2D eigenvalue weighted by Gasteiger charge is 2.14. The molecule has 2 aromatic rings. The number of aromatic nitrogens is 1. The number of benzene rings is 1. The molecule has 2 rings (SSSR count). The third-order valence-corrected chi connectivity index (χ3v) is 2.47. The maximum atomic E-state index is 11.0. The zero-order chi connectivity index (χ0) is 11.7. The Morgan fingerprint density at radius 2 is 2.19 bits per heavy atom. The smallest absolute Gasteiger partial charge is 0.408 e. The lowest BCUT2D eigenvalue weighted by molar-refractivity contribution is -0.111. The summed E-state index contributed by atoms with van der Waals surface area (Å²) in [7, 11) is 3.63. The highest BCUT2D eigenvalue weighted by molar-refractivity contribution is 5.75. The predicted octanol–water partition coefficient (Wildman–Crippen LogP) is 0.923. The van der Waals surface area contributed by atoms with Gasteiger partial charge in [0.05, 0.1) is 11.6 Å². The lowest BCUT2D eigenvalue weighted by atomic mass is 10.1. The molecule has 5 heteroatoms. The number of hydrogen-bond donors (Lipinski definition) is 1. The largest absolute Gasteiger partial charge is 0.417 e. The van der Waals surface area contributed by atoms with Gasteiger partial charge in [-0.25, -0.2) is 4.79 Å². The fourth-order valence-corrected chi connectivity index (χ4v) is 1.64. The van der Waals surface area contributed by atoms with E-state index in [1.807, 2.05) is 14.1 Å². The Bertz CT molecular complexity index is 568. The summed E-state index contributed by atoms with van der Waals surface area (Å²) in [6, 6.07) is 4.90. The van der Waals surface area contributed by atoms with E-state index in [0.29, 0.717) is 11.1 Å². The molecule has 0 aliphatic heterocycles. The van der Waals surface area contributed by atoms with Gasteiger partial charge in [0.2, 0.25) is 0 Å². The molecule has 0 fully saturated rings. The molecular formula is C11H12N2O3. The molecule has 1 unspecified atom stereocenters. The molecule has 0 aliphatic rings. The number of carbonyl (C=O) groups is 1. The quantitative estimate of drug-likeness (QED) is 0.781. The second-order valence-electron chi connectivity index (χ2n) is 3.81. The molecule has 0 spiro atoms. The standard InChI is InChI=1S/C11H12N2O3/c1-13(2)9(6-14)7-3-4-8-10(5-7)16-11(15)12-8/h3-6,9H,1-2H3,(H,12,15). The summed E-state index contributed by atoms with van der Waals surface area (Å²) in [5.41, 5.74) is 1.91. The van der Waals surface area contributed by atoms with E-state index in [9.17, 15) is 9.59 Å². The molecule has 0 saturated carbocycles. The second kappa shape index (κ2) is 3.94. The summed E-state index contributed by atoms with van der Waals surface area (Å²) in [6.45, 7) is 0. The van der Waals surface area contributed by atoms with Crippen LogP contribution in [0.25, 0.3) is 11.1 Å². The molecule has 1 heterocycles. The highest BCUT2D eigenvalue weighted by Crippen LogP contribution is 2.20. The van der Waals surface area contributed by atoms with Crippen LogP contribution in [0, 0.1) is 0 Å². The second-order valence-corrected chi connectivity index (χ2v) is 3.81. The van der Waals surface area contributed by atoms with Crippen LogP contribution in [0.1, 0.15) is 11.6 Å². The van der Waals surface area contributed by atoms with Crippen molar-refractivity contribution in [2.24, 2.45) is 0 Å². The zero-order valence-corrected chi connectivity index (χ0v) is 9.06. The topological polar surface area (TPSA) is 66.3 Å². The van der Waals surface area contributed by atoms with Crippen molar-refractivity contribution in [2.45, 2.75) is 6.04 Å². The van der Waals surface area contributed by atoms with Gasteiger partial charge in [-0.15, -0.1) is 0 Å². The van der Waals surface area contributed by atoms with Gasteiger partial charge < -0.3 is 9.21 Å². The number of aldehydes is 1. The van der Waals surface area contributed by atoms with Gasteiger partial charge in [-0.05, 0) is 31.8 Å². The molecule has 0 aliphatic carbocycles. The lowest BCUT2D eigenvalue weighted by Crippen LogP contribution is -2.20. The molecule has 16 heavy (non-hydrogen) atoms. The Morgan fingerprint density at radius 3 is 2.81 bits per heavy atom. The molecule has 0 amide bonds. The number of fused-ring (bicyclic) bond motifs is 1. The Hall–Kier alpha value is -1.88. The number of aromatic amines is 1. The van der Waals surface area contributed by atoms with E-state index in [-0.39, 0.29) is 6.04 Å². The average Bonchev–Trinajstić information content (AvgIpc) is 2.57. The van der Waals surface area contributed by atoms with Crippen LogP contribution in [0.5, 0.6) is 0 Å². The van der Waals surface area contributed by atoms with Crippen molar-refractivity contribution in [1.29, 1.82) is 0 Å². The van der Waals surface area contributed by atoms with Gasteiger partial charge in [0.15, 0.2) is 5.58 Å². The first-order valence-electron chi connectivity index (χ1n) is 4.86. The molecule has 0 radical (unpaired) electrons. The van der Waals surface area contributed by atoms with Gasteiger partial charge in [0.25, 0.3) is 0 Å². The fraction of sp³-hybridized carbons (Fsp3) is 0.273. The number of H-pyrrole nitrogens is 1. The zero-order valence-electron chi connectivity index (χ0n) is 9.06. The number of hydrogen-bond acceptors (Lipinski definition) is 4. The summed E-state index contributed by atoms with van der Waals surface area (Å²) < 4.78 is 4.94. The molecular weight excluding hydrogens is 208 g/mol. The molecule has 0 bridgehead atoms. The van der Waals surface area contributed by atoms with Crippen LogP contribution in [-0.4, -0.2) is 30.3 Å². The van der Waals surface area contributed by atoms with Crippen molar-refractivity contribution in [1.82, 2.24) is 9.88 Å². The summed E-state index contributed by atoms with van der Waals surface area (Å²) in [5.74, 6) is -0.486. The van der Waals surface area contributed by atoms with E-state index in [4.69, 9.17) is 4.42 Å². The van der Waals surface area contributed by atoms with Gasteiger partial charge in [0.1, 0.15) is 6.29 Å². The first-order valence-corrected chi connectivity index (χ1v) is 4.86. The number of rotatable bonds is 3. The Morgan fingerprint density at radius 1 is 1.44 bits per heavy atom. The molecule has 5 nitrogen and oxygen atoms in total. The van der Waals surface area contributed by atoms with Gasteiger partial charge in [0, 0.05) is 0 Å². The minimum absolute atomic E-state index is 0.329. The Labute approximate surface area is 91.7 Å². The third kappa shape index (κ3) is 1.77. The van der Waals surface area contributed by atoms with Crippen LogP contribution in [-0.2, 0) is 4.79 Å². The van der Waals surface area contributed by atoms with Crippen LogP contribution < -0.4 is 5.76 Å². The van der Waals surface area contributed by atoms with Gasteiger partial charge in [-0.2, -0.15) is 0 Å². The van der Waals surface area contributed by atoms with Crippen molar-refractivity contribution >= 4 is 17.4 Å². The SMILES string of the molecule is CN(C)C(C=O)c1ccc2[nH]c(=O)oc2c1. The summed E-state index contributed by atoms with van der Waals surface area (Å²) in [5, 5.41) is 0. The first kappa shape index (κ1) is 10.6. The molecule has 84 valence electrons. The van der Waals surface area contributed by atoms with E-state index in [1.54, 1.807) is 23.1 Å². The first-order chi connectivity index (χ1) is 7.61. The average molecular weight is 220 g/mol. The van der Waals surface area contributed by atoms with Crippen molar-refractivity contribution in [3.63, 3.8) is 0 Å². The Kier molecular flexibility index (Phi) is 2.62. The third-order valence-electron chi connectivity index (χ3n) is 2.47. The minimum atomic E-state index is -0.486. The normalized spacial score (nSPS) is 13.2. The van der Waals surface area contributed by atoms with Crippen LogP contribution >= 0.6 is 0 Å². The van der Waals surface area contributed by atoms with Crippen molar-refractivity contribution in [2.75, 3.05) is 14.1 Å². The van der Waals surface area contributed by atoms with Crippen molar-refractivity contribution in [3.05, 3.63) is 34.3 Å². The maximum Gasteiger partial charge on any atom is 0.417 e. The van der Waals surface area contributed by atoms with Gasteiger partial charge in [-0.3, -0.25) is 9.88 Å². The van der Waals surface area contributed by atoms with Crippen LogP contribution in [0.4, 0.5) is 0 Å². The Balaban J connectivity index is 2.52. The van der Waals surface area contributed by atoms with E-state index in [1.165, 1.54) is 0 Å². The number of likely N-dealkylation sites (N-methyl/N-ethyl adjacent to an activating group) is 1. The number of carbonyl (C=O) groups excluding carboxylic acids is 1. The lowest BCUT2D eigenvalue weighted by Gasteiger charge is -2.18. The van der Waals surface area contributed by atoms with E-state index < -0.39 is 5.76 Å². The van der Waals surface area contributed by atoms with Crippen LogP contribution in [0.15, 0.2) is 27.4 Å². The van der Waals surface area contributed by atoms with Gasteiger partial charge >= 0.3 is 5.76 Å².